The molecule has 1 saturated heterocycles. The van der Waals surface area contributed by atoms with Crippen LogP contribution >= 0.6 is 0 Å². The molecule has 0 amide bonds. The zero-order chi connectivity index (χ0) is 18.5. The summed E-state index contributed by atoms with van der Waals surface area (Å²) in [6.07, 6.45) is 2.84. The lowest BCUT2D eigenvalue weighted by atomic mass is 10.1. The first-order valence-corrected chi connectivity index (χ1v) is 9.06. The number of hydrogen-bond donors (Lipinski definition) is 1. The van der Waals surface area contributed by atoms with Crippen molar-refractivity contribution in [2.24, 2.45) is 0 Å². The third-order valence-electron chi connectivity index (χ3n) is 4.43. The normalized spacial score (nSPS) is 15.4. The fourth-order valence-corrected chi connectivity index (χ4v) is 2.96. The molecule has 0 saturated carbocycles. The summed E-state index contributed by atoms with van der Waals surface area (Å²) in [5.74, 6) is 2.35. The van der Waals surface area contributed by atoms with Crippen LogP contribution in [0.3, 0.4) is 0 Å². The van der Waals surface area contributed by atoms with E-state index in [2.05, 4.69) is 28.7 Å². The lowest BCUT2D eigenvalue weighted by molar-refractivity contribution is 0.106. The van der Waals surface area contributed by atoms with Crippen molar-refractivity contribution in [1.82, 2.24) is 10.5 Å². The van der Waals surface area contributed by atoms with Gasteiger partial charge in [-0.05, 0) is 42.3 Å². The van der Waals surface area contributed by atoms with Gasteiger partial charge in [0.2, 0.25) is 5.89 Å². The summed E-state index contributed by atoms with van der Waals surface area (Å²) in [5, 5.41) is 0. The van der Waals surface area contributed by atoms with Gasteiger partial charge in [0.25, 0.3) is 0 Å². The summed E-state index contributed by atoms with van der Waals surface area (Å²) in [5.41, 5.74) is 7.16. The first-order valence-electron chi connectivity index (χ1n) is 9.06. The van der Waals surface area contributed by atoms with Crippen molar-refractivity contribution in [1.29, 1.82) is 0 Å². The van der Waals surface area contributed by atoms with E-state index in [9.17, 15) is 0 Å². The summed E-state index contributed by atoms with van der Waals surface area (Å²) >= 11 is 0. The number of hydrogen-bond acceptors (Lipinski definition) is 5. The Kier molecular flexibility index (Phi) is 5.32. The highest BCUT2D eigenvalue weighted by Gasteiger charge is 2.11. The number of nitrogens with zero attached hydrogens (tertiary/aromatic N) is 1. The van der Waals surface area contributed by atoms with Crippen molar-refractivity contribution in [3.63, 3.8) is 0 Å². The Labute approximate surface area is 158 Å². The SMILES string of the molecule is Cc1oc(-c2ccccc2)nc1CCOc1ccc(C=C2CNOC2)cc1. The summed E-state index contributed by atoms with van der Waals surface area (Å²) in [6.45, 7) is 3.92. The molecule has 0 unspecified atom stereocenters. The summed E-state index contributed by atoms with van der Waals surface area (Å²) in [6, 6.07) is 18.0. The maximum atomic E-state index is 5.87. The minimum Gasteiger partial charge on any atom is -0.493 e. The van der Waals surface area contributed by atoms with Crippen LogP contribution in [0.25, 0.3) is 17.5 Å². The van der Waals surface area contributed by atoms with Gasteiger partial charge in [-0.2, -0.15) is 5.48 Å². The molecule has 2 aromatic carbocycles. The van der Waals surface area contributed by atoms with Crippen molar-refractivity contribution in [3.05, 3.63) is 77.2 Å². The van der Waals surface area contributed by atoms with Gasteiger partial charge in [-0.1, -0.05) is 36.4 Å². The van der Waals surface area contributed by atoms with Crippen LogP contribution in [0.1, 0.15) is 17.0 Å². The zero-order valence-electron chi connectivity index (χ0n) is 15.3. The molecule has 1 aromatic heterocycles. The van der Waals surface area contributed by atoms with Crippen LogP contribution in [0.4, 0.5) is 0 Å². The Bertz CT molecular complexity index is 906. The van der Waals surface area contributed by atoms with E-state index in [0.717, 1.165) is 34.9 Å². The topological polar surface area (TPSA) is 56.5 Å². The number of hydroxylamine groups is 1. The molecule has 1 N–H and O–H groups in total. The molecule has 0 bridgehead atoms. The number of oxazole rings is 1. The molecular formula is C22H22N2O3. The maximum absolute atomic E-state index is 5.87. The molecule has 0 spiro atoms. The van der Waals surface area contributed by atoms with Gasteiger partial charge in [0.1, 0.15) is 11.5 Å². The lowest BCUT2D eigenvalue weighted by Gasteiger charge is -2.05. The highest BCUT2D eigenvalue weighted by molar-refractivity contribution is 5.55. The first-order chi connectivity index (χ1) is 13.3. The second kappa shape index (κ2) is 8.20. The Morgan fingerprint density at radius 2 is 1.93 bits per heavy atom. The number of aromatic nitrogens is 1. The molecule has 0 aliphatic carbocycles. The van der Waals surface area contributed by atoms with Gasteiger partial charge in [0, 0.05) is 18.5 Å². The molecule has 1 fully saturated rings. The van der Waals surface area contributed by atoms with Gasteiger partial charge in [-0.15, -0.1) is 0 Å². The van der Waals surface area contributed by atoms with Crippen molar-refractivity contribution in [2.45, 2.75) is 13.3 Å². The standard InChI is InChI=1S/C22H22N2O3/c1-16-21(24-22(27-16)19-5-3-2-4-6-19)11-12-25-20-9-7-17(8-10-20)13-18-14-23-26-15-18/h2-10,13,23H,11-12,14-15H2,1H3. The number of rotatable bonds is 6. The highest BCUT2D eigenvalue weighted by Crippen LogP contribution is 2.22. The minimum absolute atomic E-state index is 0.555. The monoisotopic (exact) mass is 362 g/mol. The summed E-state index contributed by atoms with van der Waals surface area (Å²) < 4.78 is 11.7. The molecule has 27 heavy (non-hydrogen) atoms. The highest BCUT2D eigenvalue weighted by atomic mass is 16.7. The Morgan fingerprint density at radius 3 is 2.67 bits per heavy atom. The summed E-state index contributed by atoms with van der Waals surface area (Å²) in [4.78, 5) is 9.74. The second-order valence-corrected chi connectivity index (χ2v) is 6.47. The van der Waals surface area contributed by atoms with Gasteiger partial charge in [-0.25, -0.2) is 4.98 Å². The molecule has 0 radical (unpaired) electrons. The minimum atomic E-state index is 0.555. The molecule has 0 atom stereocenters. The number of nitrogens with one attached hydrogen (secondary N) is 1. The van der Waals surface area contributed by atoms with E-state index in [0.29, 0.717) is 25.5 Å². The van der Waals surface area contributed by atoms with Crippen LogP contribution in [0.15, 0.2) is 64.6 Å². The Balaban J connectivity index is 1.33. The second-order valence-electron chi connectivity index (χ2n) is 6.47. The molecular weight excluding hydrogens is 340 g/mol. The third kappa shape index (κ3) is 4.45. The van der Waals surface area contributed by atoms with Crippen molar-refractivity contribution in [2.75, 3.05) is 19.8 Å². The van der Waals surface area contributed by atoms with E-state index in [-0.39, 0.29) is 0 Å². The van der Waals surface area contributed by atoms with E-state index >= 15 is 0 Å². The van der Waals surface area contributed by atoms with Crippen LogP contribution in [0, 0.1) is 6.92 Å². The smallest absolute Gasteiger partial charge is 0.226 e. The number of ether oxygens (including phenoxy) is 1. The van der Waals surface area contributed by atoms with Gasteiger partial charge < -0.3 is 9.15 Å². The summed E-state index contributed by atoms with van der Waals surface area (Å²) in [7, 11) is 0. The zero-order valence-corrected chi connectivity index (χ0v) is 15.3. The molecule has 5 nitrogen and oxygen atoms in total. The molecule has 1 aliphatic heterocycles. The lowest BCUT2D eigenvalue weighted by Crippen LogP contribution is -2.03. The average molecular weight is 362 g/mol. The molecule has 3 aromatic rings. The van der Waals surface area contributed by atoms with E-state index in [1.165, 1.54) is 5.57 Å². The van der Waals surface area contributed by atoms with E-state index in [1.807, 2.05) is 49.4 Å². The molecule has 2 heterocycles. The van der Waals surface area contributed by atoms with Crippen molar-refractivity contribution >= 4 is 6.08 Å². The quantitative estimate of drug-likeness (QED) is 0.713. The van der Waals surface area contributed by atoms with Crippen molar-refractivity contribution in [3.8, 4) is 17.2 Å². The molecule has 1 aliphatic rings. The maximum Gasteiger partial charge on any atom is 0.226 e. The van der Waals surface area contributed by atoms with Gasteiger partial charge in [0.05, 0.1) is 18.9 Å². The van der Waals surface area contributed by atoms with E-state index in [4.69, 9.17) is 14.0 Å². The van der Waals surface area contributed by atoms with Crippen molar-refractivity contribution < 1.29 is 14.0 Å². The largest absolute Gasteiger partial charge is 0.493 e. The third-order valence-corrected chi connectivity index (χ3v) is 4.43. The average Bonchev–Trinajstić information content (AvgIpc) is 3.34. The Morgan fingerprint density at radius 1 is 1.11 bits per heavy atom. The van der Waals surface area contributed by atoms with Crippen LogP contribution in [0.2, 0.25) is 0 Å². The van der Waals surface area contributed by atoms with Gasteiger partial charge >= 0.3 is 0 Å². The first kappa shape index (κ1) is 17.5. The predicted molar refractivity (Wildman–Crippen MR) is 104 cm³/mol. The van der Waals surface area contributed by atoms with Gasteiger partial charge in [-0.3, -0.25) is 4.84 Å². The molecule has 4 rings (SSSR count). The van der Waals surface area contributed by atoms with E-state index < -0.39 is 0 Å². The van der Waals surface area contributed by atoms with Crippen LogP contribution in [-0.2, 0) is 11.3 Å². The fourth-order valence-electron chi connectivity index (χ4n) is 2.96. The molecule has 5 heteroatoms. The number of aryl methyl sites for hydroxylation is 1. The number of benzene rings is 2. The van der Waals surface area contributed by atoms with Gasteiger partial charge in [0.15, 0.2) is 0 Å². The van der Waals surface area contributed by atoms with E-state index in [1.54, 1.807) is 0 Å². The molecule has 138 valence electrons. The van der Waals surface area contributed by atoms with Crippen LogP contribution in [-0.4, -0.2) is 24.7 Å². The Hall–Kier alpha value is -2.89. The predicted octanol–water partition coefficient (Wildman–Crippen LogP) is 4.19. The van der Waals surface area contributed by atoms with Crippen LogP contribution in [0.5, 0.6) is 5.75 Å². The van der Waals surface area contributed by atoms with Crippen LogP contribution < -0.4 is 10.2 Å². The fraction of sp³-hybridized carbons (Fsp3) is 0.227.